The molecule has 3 heterocycles. The molecule has 130 valence electrons. The smallest absolute Gasteiger partial charge is 0.339 e. The van der Waals surface area contributed by atoms with E-state index in [9.17, 15) is 9.59 Å². The van der Waals surface area contributed by atoms with Crippen LogP contribution in [0.1, 0.15) is 21.8 Å². The lowest BCUT2D eigenvalue weighted by Crippen LogP contribution is -2.41. The first-order chi connectivity index (χ1) is 12.7. The van der Waals surface area contributed by atoms with E-state index in [0.29, 0.717) is 17.8 Å². The molecule has 3 aromatic rings. The Bertz CT molecular complexity index is 955. The Hall–Kier alpha value is -3.55. The maximum atomic E-state index is 12.3. The van der Waals surface area contributed by atoms with Gasteiger partial charge in [0.15, 0.2) is 6.10 Å². The van der Waals surface area contributed by atoms with Crippen LogP contribution in [-0.2, 0) is 22.5 Å². The zero-order chi connectivity index (χ0) is 17.9. The Balaban J connectivity index is 1.39. The van der Waals surface area contributed by atoms with Gasteiger partial charge in [0.05, 0.1) is 12.1 Å². The summed E-state index contributed by atoms with van der Waals surface area (Å²) in [5.41, 5.74) is 2.05. The van der Waals surface area contributed by atoms with Gasteiger partial charge in [-0.1, -0.05) is 23.4 Å². The fourth-order valence-electron chi connectivity index (χ4n) is 2.70. The molecule has 0 fully saturated rings. The number of esters is 1. The van der Waals surface area contributed by atoms with Crippen molar-refractivity contribution in [2.24, 2.45) is 0 Å². The number of rotatable bonds is 4. The molecule has 26 heavy (non-hydrogen) atoms. The fraction of sp³-hybridized carbons (Fsp3) is 0.167. The first-order valence-electron chi connectivity index (χ1n) is 8.00. The average Bonchev–Trinajstić information content (AvgIpc) is 3.16. The second-order valence-corrected chi connectivity index (χ2v) is 5.72. The van der Waals surface area contributed by atoms with E-state index < -0.39 is 18.0 Å². The van der Waals surface area contributed by atoms with Crippen LogP contribution in [0, 0.1) is 0 Å². The molecule has 1 aliphatic rings. The van der Waals surface area contributed by atoms with E-state index in [1.807, 2.05) is 12.1 Å². The third-order valence-electron chi connectivity index (χ3n) is 4.00. The molecule has 8 nitrogen and oxygen atoms in total. The van der Waals surface area contributed by atoms with Gasteiger partial charge in [-0.15, -0.1) is 0 Å². The molecule has 1 N–H and O–H groups in total. The number of cyclic esters (lactones) is 1. The van der Waals surface area contributed by atoms with E-state index in [1.165, 1.54) is 0 Å². The number of carbonyl (C=O) groups excluding carboxylic acids is 2. The molecule has 0 spiro atoms. The van der Waals surface area contributed by atoms with Crippen molar-refractivity contribution in [1.82, 2.24) is 20.4 Å². The summed E-state index contributed by atoms with van der Waals surface area (Å²) in [5, 5.41) is 6.53. The molecule has 0 aliphatic carbocycles. The number of hydrogen-bond acceptors (Lipinski definition) is 7. The number of carbonyl (C=O) groups is 2. The molecule has 1 atom stereocenters. The predicted molar refractivity (Wildman–Crippen MR) is 88.7 cm³/mol. The molecule has 1 amide bonds. The van der Waals surface area contributed by atoms with Gasteiger partial charge in [-0.25, -0.2) is 4.79 Å². The van der Waals surface area contributed by atoms with Gasteiger partial charge in [0.2, 0.25) is 11.7 Å². The van der Waals surface area contributed by atoms with E-state index in [2.05, 4.69) is 20.4 Å². The monoisotopic (exact) mass is 350 g/mol. The standard InChI is InChI=1S/C18H14N4O4/c23-17(14-9-12-3-1-2-4-13(12)18(24)25-14)20-10-15-21-16(22-26-15)11-5-7-19-8-6-11/h1-8,14H,9-10H2,(H,20,23). The number of ether oxygens (including phenoxy) is 1. The highest BCUT2D eigenvalue weighted by Gasteiger charge is 2.31. The Kier molecular flexibility index (Phi) is 4.14. The number of pyridine rings is 1. The van der Waals surface area contributed by atoms with Gasteiger partial charge < -0.3 is 14.6 Å². The molecule has 0 radical (unpaired) electrons. The van der Waals surface area contributed by atoms with E-state index in [4.69, 9.17) is 9.26 Å². The van der Waals surface area contributed by atoms with Crippen LogP contribution in [0.2, 0.25) is 0 Å². The highest BCUT2D eigenvalue weighted by molar-refractivity contribution is 5.95. The van der Waals surface area contributed by atoms with E-state index >= 15 is 0 Å². The van der Waals surface area contributed by atoms with Gasteiger partial charge in [0.25, 0.3) is 5.91 Å². The topological polar surface area (TPSA) is 107 Å². The van der Waals surface area contributed by atoms with Crippen molar-refractivity contribution in [1.29, 1.82) is 0 Å². The Morgan fingerprint density at radius 2 is 2.00 bits per heavy atom. The Morgan fingerprint density at radius 1 is 1.19 bits per heavy atom. The number of hydrogen-bond donors (Lipinski definition) is 1. The molecule has 8 heteroatoms. The first-order valence-corrected chi connectivity index (χ1v) is 8.00. The molecule has 1 aliphatic heterocycles. The van der Waals surface area contributed by atoms with Crippen molar-refractivity contribution >= 4 is 11.9 Å². The maximum Gasteiger partial charge on any atom is 0.339 e. The summed E-state index contributed by atoms with van der Waals surface area (Å²) in [4.78, 5) is 32.5. The van der Waals surface area contributed by atoms with Crippen LogP contribution >= 0.6 is 0 Å². The van der Waals surface area contributed by atoms with Gasteiger partial charge >= 0.3 is 5.97 Å². The predicted octanol–water partition coefficient (Wildman–Crippen LogP) is 1.53. The number of nitrogens with zero attached hydrogens (tertiary/aromatic N) is 3. The quantitative estimate of drug-likeness (QED) is 0.711. The summed E-state index contributed by atoms with van der Waals surface area (Å²) in [6.45, 7) is 0.0482. The van der Waals surface area contributed by atoms with Crippen molar-refractivity contribution in [3.8, 4) is 11.4 Å². The Morgan fingerprint density at radius 3 is 2.85 bits per heavy atom. The van der Waals surface area contributed by atoms with Crippen LogP contribution in [-0.4, -0.2) is 33.1 Å². The number of nitrogens with one attached hydrogen (secondary N) is 1. The molecular formula is C18H14N4O4. The van der Waals surface area contributed by atoms with Crippen molar-refractivity contribution in [3.05, 3.63) is 65.8 Å². The third kappa shape index (κ3) is 3.16. The summed E-state index contributed by atoms with van der Waals surface area (Å²) < 4.78 is 10.3. The highest BCUT2D eigenvalue weighted by atomic mass is 16.5. The summed E-state index contributed by atoms with van der Waals surface area (Å²) in [7, 11) is 0. The van der Waals surface area contributed by atoms with Crippen molar-refractivity contribution in [2.45, 2.75) is 19.1 Å². The average molecular weight is 350 g/mol. The summed E-state index contributed by atoms with van der Waals surface area (Å²) >= 11 is 0. The van der Waals surface area contributed by atoms with Gasteiger partial charge in [0.1, 0.15) is 0 Å². The Labute approximate surface area is 148 Å². The van der Waals surface area contributed by atoms with Crippen LogP contribution in [0.5, 0.6) is 0 Å². The van der Waals surface area contributed by atoms with Crippen LogP contribution in [0.3, 0.4) is 0 Å². The number of aromatic nitrogens is 3. The minimum absolute atomic E-state index is 0.0482. The third-order valence-corrected chi connectivity index (χ3v) is 4.00. The van der Waals surface area contributed by atoms with Crippen LogP contribution in [0.25, 0.3) is 11.4 Å². The van der Waals surface area contributed by atoms with E-state index in [0.717, 1.165) is 11.1 Å². The number of amides is 1. The van der Waals surface area contributed by atoms with Crippen LogP contribution < -0.4 is 5.32 Å². The summed E-state index contributed by atoms with van der Waals surface area (Å²) in [5.74, 6) is -0.233. The normalized spacial score (nSPS) is 15.8. The minimum atomic E-state index is -0.875. The van der Waals surface area contributed by atoms with Gasteiger partial charge in [-0.2, -0.15) is 4.98 Å². The summed E-state index contributed by atoms with van der Waals surface area (Å²) in [6.07, 6.45) is 2.71. The van der Waals surface area contributed by atoms with Crippen molar-refractivity contribution in [3.63, 3.8) is 0 Å². The molecule has 0 saturated heterocycles. The largest absolute Gasteiger partial charge is 0.448 e. The highest BCUT2D eigenvalue weighted by Crippen LogP contribution is 2.20. The number of benzene rings is 1. The maximum absolute atomic E-state index is 12.3. The van der Waals surface area contributed by atoms with Crippen LogP contribution in [0.4, 0.5) is 0 Å². The van der Waals surface area contributed by atoms with Gasteiger partial charge in [-0.05, 0) is 23.8 Å². The zero-order valence-corrected chi connectivity index (χ0v) is 13.6. The van der Waals surface area contributed by atoms with Gasteiger partial charge in [0, 0.05) is 24.4 Å². The molecule has 2 aromatic heterocycles. The lowest BCUT2D eigenvalue weighted by molar-refractivity contribution is -0.130. The molecule has 0 saturated carbocycles. The summed E-state index contributed by atoms with van der Waals surface area (Å²) in [6, 6.07) is 10.6. The molecule has 4 rings (SSSR count). The fourth-order valence-corrected chi connectivity index (χ4v) is 2.70. The molecule has 1 aromatic carbocycles. The lowest BCUT2D eigenvalue weighted by atomic mass is 9.98. The minimum Gasteiger partial charge on any atom is -0.448 e. The second-order valence-electron chi connectivity index (χ2n) is 5.72. The second kappa shape index (κ2) is 6.75. The molecular weight excluding hydrogens is 336 g/mol. The molecule has 0 bridgehead atoms. The van der Waals surface area contributed by atoms with E-state index in [-0.39, 0.29) is 12.4 Å². The first kappa shape index (κ1) is 15.9. The van der Waals surface area contributed by atoms with Gasteiger partial charge in [-0.3, -0.25) is 9.78 Å². The lowest BCUT2D eigenvalue weighted by Gasteiger charge is -2.23. The SMILES string of the molecule is O=C1OC(C(=O)NCc2nc(-c3ccncc3)no2)Cc2ccccc21. The van der Waals surface area contributed by atoms with E-state index in [1.54, 1.807) is 36.7 Å². The van der Waals surface area contributed by atoms with Crippen molar-refractivity contribution < 1.29 is 18.8 Å². The van der Waals surface area contributed by atoms with Crippen molar-refractivity contribution in [2.75, 3.05) is 0 Å². The molecule has 1 unspecified atom stereocenters. The van der Waals surface area contributed by atoms with Crippen LogP contribution in [0.15, 0.2) is 53.3 Å². The zero-order valence-electron chi connectivity index (χ0n) is 13.6. The number of fused-ring (bicyclic) bond motifs is 1.